The third kappa shape index (κ3) is 5.70. The third-order valence-corrected chi connectivity index (χ3v) is 3.23. The molecule has 1 N–H and O–H groups in total. The van der Waals surface area contributed by atoms with Crippen molar-refractivity contribution in [1.82, 2.24) is 5.32 Å². The van der Waals surface area contributed by atoms with Crippen molar-refractivity contribution in [1.29, 1.82) is 0 Å². The molecule has 2 aromatic rings. The predicted molar refractivity (Wildman–Crippen MR) is 88.4 cm³/mol. The second-order valence-corrected chi connectivity index (χ2v) is 5.59. The van der Waals surface area contributed by atoms with E-state index in [0.29, 0.717) is 12.8 Å². The molecule has 2 aromatic carbocycles. The standard InChI is InChI=1S/C19H23NO2/c1-15(2)22-19(14-17-11-7-4-8-12-17)20-18(21)13-16-9-5-3-6-10-16/h3-12,15,19H,13-14H2,1-2H3,(H,20,21). The molecule has 0 heterocycles. The molecule has 1 atom stereocenters. The van der Waals surface area contributed by atoms with Gasteiger partial charge in [-0.1, -0.05) is 60.7 Å². The minimum Gasteiger partial charge on any atom is -0.356 e. The Balaban J connectivity index is 1.95. The number of hydrogen-bond acceptors (Lipinski definition) is 2. The number of nitrogens with one attached hydrogen (secondary N) is 1. The van der Waals surface area contributed by atoms with E-state index in [1.807, 2.05) is 74.5 Å². The van der Waals surface area contributed by atoms with Crippen LogP contribution in [-0.4, -0.2) is 18.2 Å². The van der Waals surface area contributed by atoms with Crippen molar-refractivity contribution in [2.24, 2.45) is 0 Å². The van der Waals surface area contributed by atoms with E-state index in [-0.39, 0.29) is 18.2 Å². The number of ether oxygens (including phenoxy) is 1. The van der Waals surface area contributed by atoms with E-state index in [0.717, 1.165) is 11.1 Å². The van der Waals surface area contributed by atoms with Gasteiger partial charge in [0.2, 0.25) is 5.91 Å². The molecule has 0 bridgehead atoms. The van der Waals surface area contributed by atoms with E-state index in [1.54, 1.807) is 0 Å². The minimum atomic E-state index is -0.307. The second-order valence-electron chi connectivity index (χ2n) is 5.59. The zero-order chi connectivity index (χ0) is 15.8. The van der Waals surface area contributed by atoms with Crippen molar-refractivity contribution in [2.75, 3.05) is 0 Å². The van der Waals surface area contributed by atoms with Gasteiger partial charge in [-0.3, -0.25) is 4.79 Å². The fourth-order valence-corrected chi connectivity index (χ4v) is 2.30. The highest BCUT2D eigenvalue weighted by Crippen LogP contribution is 2.07. The van der Waals surface area contributed by atoms with Gasteiger partial charge in [-0.05, 0) is 25.0 Å². The number of carbonyl (C=O) groups excluding carboxylic acids is 1. The molecule has 1 amide bonds. The smallest absolute Gasteiger partial charge is 0.226 e. The average Bonchev–Trinajstić information content (AvgIpc) is 2.48. The van der Waals surface area contributed by atoms with E-state index >= 15 is 0 Å². The molecule has 0 radical (unpaired) electrons. The summed E-state index contributed by atoms with van der Waals surface area (Å²) in [6.45, 7) is 3.95. The van der Waals surface area contributed by atoms with Crippen LogP contribution in [0.1, 0.15) is 25.0 Å². The normalized spacial score (nSPS) is 12.1. The first kappa shape index (κ1) is 16.2. The van der Waals surface area contributed by atoms with Crippen molar-refractivity contribution < 1.29 is 9.53 Å². The summed E-state index contributed by atoms with van der Waals surface area (Å²) >= 11 is 0. The minimum absolute atomic E-state index is 0.0206. The topological polar surface area (TPSA) is 38.3 Å². The first-order chi connectivity index (χ1) is 10.6. The van der Waals surface area contributed by atoms with Gasteiger partial charge in [0, 0.05) is 6.42 Å². The van der Waals surface area contributed by atoms with Gasteiger partial charge in [-0.2, -0.15) is 0 Å². The van der Waals surface area contributed by atoms with Crippen LogP contribution in [0.4, 0.5) is 0 Å². The predicted octanol–water partition coefficient (Wildman–Crippen LogP) is 3.34. The molecule has 0 aliphatic carbocycles. The van der Waals surface area contributed by atoms with E-state index in [1.165, 1.54) is 0 Å². The molecule has 116 valence electrons. The Morgan fingerprint density at radius 3 is 2.05 bits per heavy atom. The highest BCUT2D eigenvalue weighted by molar-refractivity contribution is 5.78. The van der Waals surface area contributed by atoms with Gasteiger partial charge >= 0.3 is 0 Å². The number of carbonyl (C=O) groups is 1. The molecule has 1 unspecified atom stereocenters. The summed E-state index contributed by atoms with van der Waals surface area (Å²) < 4.78 is 5.83. The van der Waals surface area contributed by atoms with E-state index in [2.05, 4.69) is 5.32 Å². The molecule has 0 spiro atoms. The highest BCUT2D eigenvalue weighted by Gasteiger charge is 2.15. The lowest BCUT2D eigenvalue weighted by Crippen LogP contribution is -2.40. The molecule has 0 aromatic heterocycles. The van der Waals surface area contributed by atoms with Crippen LogP contribution in [0.25, 0.3) is 0 Å². The maximum absolute atomic E-state index is 12.2. The van der Waals surface area contributed by atoms with Crippen LogP contribution >= 0.6 is 0 Å². The van der Waals surface area contributed by atoms with E-state index in [4.69, 9.17) is 4.74 Å². The largest absolute Gasteiger partial charge is 0.356 e. The van der Waals surface area contributed by atoms with E-state index in [9.17, 15) is 4.79 Å². The molecule has 3 heteroatoms. The quantitative estimate of drug-likeness (QED) is 0.796. The van der Waals surface area contributed by atoms with Crippen molar-refractivity contribution in [3.05, 3.63) is 71.8 Å². The summed E-state index contributed by atoms with van der Waals surface area (Å²) in [7, 11) is 0. The van der Waals surface area contributed by atoms with Gasteiger partial charge in [0.1, 0.15) is 6.23 Å². The first-order valence-electron chi connectivity index (χ1n) is 7.66. The number of benzene rings is 2. The van der Waals surface area contributed by atoms with Crippen molar-refractivity contribution in [3.63, 3.8) is 0 Å². The summed E-state index contributed by atoms with van der Waals surface area (Å²) in [4.78, 5) is 12.2. The fourth-order valence-electron chi connectivity index (χ4n) is 2.30. The Kier molecular flexibility index (Phi) is 6.16. The summed E-state index contributed by atoms with van der Waals surface area (Å²) in [6.07, 6.45) is 0.789. The fraction of sp³-hybridized carbons (Fsp3) is 0.316. The summed E-state index contributed by atoms with van der Waals surface area (Å²) in [6, 6.07) is 19.8. The lowest BCUT2D eigenvalue weighted by Gasteiger charge is -2.22. The average molecular weight is 297 g/mol. The van der Waals surface area contributed by atoms with Gasteiger partial charge in [0.25, 0.3) is 0 Å². The molecule has 0 saturated heterocycles. The SMILES string of the molecule is CC(C)OC(Cc1ccccc1)NC(=O)Cc1ccccc1. The molecule has 0 aliphatic rings. The van der Waals surface area contributed by atoms with Crippen LogP contribution in [0.5, 0.6) is 0 Å². The van der Waals surface area contributed by atoms with Gasteiger partial charge < -0.3 is 10.1 Å². The van der Waals surface area contributed by atoms with Crippen LogP contribution in [0.2, 0.25) is 0 Å². The van der Waals surface area contributed by atoms with Gasteiger partial charge in [-0.15, -0.1) is 0 Å². The molecule has 0 fully saturated rings. The van der Waals surface area contributed by atoms with Gasteiger partial charge in [0.15, 0.2) is 0 Å². The number of hydrogen-bond donors (Lipinski definition) is 1. The maximum Gasteiger partial charge on any atom is 0.226 e. The molecule has 3 nitrogen and oxygen atoms in total. The molecule has 0 saturated carbocycles. The molecule has 0 aliphatic heterocycles. The number of amides is 1. The van der Waals surface area contributed by atoms with Gasteiger partial charge in [-0.25, -0.2) is 0 Å². The zero-order valence-electron chi connectivity index (χ0n) is 13.2. The van der Waals surface area contributed by atoms with Crippen LogP contribution in [0, 0.1) is 0 Å². The van der Waals surface area contributed by atoms with Crippen molar-refractivity contribution in [2.45, 2.75) is 39.0 Å². The molecular formula is C19H23NO2. The zero-order valence-corrected chi connectivity index (χ0v) is 13.2. The highest BCUT2D eigenvalue weighted by atomic mass is 16.5. The lowest BCUT2D eigenvalue weighted by molar-refractivity contribution is -0.126. The van der Waals surface area contributed by atoms with E-state index < -0.39 is 0 Å². The molecular weight excluding hydrogens is 274 g/mol. The third-order valence-electron chi connectivity index (χ3n) is 3.23. The Hall–Kier alpha value is -2.13. The van der Waals surface area contributed by atoms with Crippen LogP contribution < -0.4 is 5.32 Å². The summed E-state index contributed by atoms with van der Waals surface area (Å²) in [5.41, 5.74) is 2.15. The lowest BCUT2D eigenvalue weighted by atomic mass is 10.1. The number of rotatable bonds is 7. The van der Waals surface area contributed by atoms with Gasteiger partial charge in [0.05, 0.1) is 12.5 Å². The first-order valence-corrected chi connectivity index (χ1v) is 7.66. The Morgan fingerprint density at radius 2 is 1.50 bits per heavy atom. The monoisotopic (exact) mass is 297 g/mol. The maximum atomic E-state index is 12.2. The Bertz CT molecular complexity index is 567. The Morgan fingerprint density at radius 1 is 0.955 bits per heavy atom. The second kappa shape index (κ2) is 8.35. The summed E-state index contributed by atoms with van der Waals surface area (Å²) in [5.74, 6) is -0.0206. The van der Waals surface area contributed by atoms with Crippen molar-refractivity contribution >= 4 is 5.91 Å². The molecule has 2 rings (SSSR count). The van der Waals surface area contributed by atoms with Crippen LogP contribution in [0.3, 0.4) is 0 Å². The van der Waals surface area contributed by atoms with Crippen molar-refractivity contribution in [3.8, 4) is 0 Å². The summed E-state index contributed by atoms with van der Waals surface area (Å²) in [5, 5.41) is 2.98. The van der Waals surface area contributed by atoms with Crippen LogP contribution in [-0.2, 0) is 22.4 Å². The van der Waals surface area contributed by atoms with Crippen LogP contribution in [0.15, 0.2) is 60.7 Å². The molecule has 22 heavy (non-hydrogen) atoms. The Labute approximate surface area is 132 Å².